The number of hydrogen-bond donors (Lipinski definition) is 3. The van der Waals surface area contributed by atoms with E-state index < -0.39 is 11.9 Å². The number of rotatable bonds is 7. The molecule has 0 fully saturated rings. The van der Waals surface area contributed by atoms with Gasteiger partial charge in [0.15, 0.2) is 5.71 Å². The van der Waals surface area contributed by atoms with E-state index in [1.807, 2.05) is 38.1 Å². The van der Waals surface area contributed by atoms with Crippen molar-refractivity contribution in [2.24, 2.45) is 10.2 Å². The summed E-state index contributed by atoms with van der Waals surface area (Å²) in [7, 11) is 0. The van der Waals surface area contributed by atoms with Crippen LogP contribution < -0.4 is 5.43 Å². The van der Waals surface area contributed by atoms with Crippen molar-refractivity contribution in [3.63, 3.8) is 0 Å². The zero-order valence-electron chi connectivity index (χ0n) is 17.1. The van der Waals surface area contributed by atoms with Crippen LogP contribution in [0.1, 0.15) is 30.9 Å². The van der Waals surface area contributed by atoms with Crippen molar-refractivity contribution in [3.05, 3.63) is 47.5 Å². The van der Waals surface area contributed by atoms with Crippen LogP contribution in [0.3, 0.4) is 0 Å². The lowest BCUT2D eigenvalue weighted by Gasteiger charge is -2.14. The molecule has 2 aromatic carbocycles. The number of anilines is 1. The number of phenols is 1. The molecule has 156 valence electrons. The summed E-state index contributed by atoms with van der Waals surface area (Å²) in [5.41, 5.74) is 7.40. The van der Waals surface area contributed by atoms with E-state index >= 15 is 0 Å². The molecule has 1 heterocycles. The number of hydrazone groups is 2. The average molecular weight is 408 g/mol. The summed E-state index contributed by atoms with van der Waals surface area (Å²) in [5.74, 6) is -1.29. The lowest BCUT2D eigenvalue weighted by atomic mass is 9.95. The van der Waals surface area contributed by atoms with Crippen LogP contribution in [0.5, 0.6) is 5.75 Å². The molecule has 0 spiro atoms. The van der Waals surface area contributed by atoms with E-state index in [0.29, 0.717) is 23.4 Å². The summed E-state index contributed by atoms with van der Waals surface area (Å²) < 4.78 is 0. The van der Waals surface area contributed by atoms with Gasteiger partial charge in [-0.05, 0) is 49.9 Å². The molecule has 0 aliphatic carbocycles. The summed E-state index contributed by atoms with van der Waals surface area (Å²) in [5, 5.41) is 29.1. The van der Waals surface area contributed by atoms with E-state index in [1.165, 1.54) is 5.01 Å². The van der Waals surface area contributed by atoms with Crippen molar-refractivity contribution in [3.8, 4) is 16.9 Å². The molecule has 30 heavy (non-hydrogen) atoms. The number of carbonyl (C=O) groups excluding carboxylic acids is 1. The van der Waals surface area contributed by atoms with Crippen LogP contribution in [-0.2, 0) is 9.59 Å². The number of aliphatic carboxylic acids is 1. The predicted octanol–water partition coefficient (Wildman–Crippen LogP) is 3.53. The molecule has 1 aliphatic rings. The smallest absolute Gasteiger partial charge is 0.303 e. The van der Waals surface area contributed by atoms with Gasteiger partial charge in [0, 0.05) is 18.5 Å². The molecule has 0 radical (unpaired) electrons. The van der Waals surface area contributed by atoms with Crippen molar-refractivity contribution in [2.45, 2.75) is 33.6 Å². The number of nitrogens with zero attached hydrogens (tertiary/aromatic N) is 3. The summed E-state index contributed by atoms with van der Waals surface area (Å²) in [6, 6.07) is 11.2. The van der Waals surface area contributed by atoms with Crippen LogP contribution >= 0.6 is 0 Å². The van der Waals surface area contributed by atoms with Gasteiger partial charge in [-0.25, -0.2) is 5.01 Å². The number of carboxylic acids is 1. The summed E-state index contributed by atoms with van der Waals surface area (Å²) in [6.07, 6.45) is 0.263. The number of para-hydroxylation sites is 1. The molecule has 1 aliphatic heterocycles. The summed E-state index contributed by atoms with van der Waals surface area (Å²) in [6.45, 7) is 5.83. The van der Waals surface area contributed by atoms with Gasteiger partial charge in [0.1, 0.15) is 5.75 Å². The highest BCUT2D eigenvalue weighted by molar-refractivity contribution is 6.68. The quantitative estimate of drug-likeness (QED) is 0.479. The number of hydrogen-bond acceptors (Lipinski definition) is 6. The predicted molar refractivity (Wildman–Crippen MR) is 116 cm³/mol. The maximum absolute atomic E-state index is 12.5. The second-order valence-electron chi connectivity index (χ2n) is 7.15. The van der Waals surface area contributed by atoms with Gasteiger partial charge in [0.05, 0.1) is 11.4 Å². The van der Waals surface area contributed by atoms with Gasteiger partial charge in [0.25, 0.3) is 5.91 Å². The Morgan fingerprint density at radius 3 is 2.47 bits per heavy atom. The first kappa shape index (κ1) is 21.0. The van der Waals surface area contributed by atoms with Crippen LogP contribution in [-0.4, -0.2) is 45.1 Å². The maximum atomic E-state index is 12.5. The molecule has 3 N–H and O–H groups in total. The Bertz CT molecular complexity index is 1040. The molecular formula is C22H24N4O4. The Morgan fingerprint density at radius 2 is 1.80 bits per heavy atom. The van der Waals surface area contributed by atoms with Gasteiger partial charge in [0.2, 0.25) is 0 Å². The van der Waals surface area contributed by atoms with Crippen LogP contribution in [0.4, 0.5) is 5.69 Å². The molecule has 0 unspecified atom stereocenters. The van der Waals surface area contributed by atoms with Gasteiger partial charge in [-0.1, -0.05) is 30.3 Å². The number of carbonyl (C=O) groups is 2. The zero-order valence-corrected chi connectivity index (χ0v) is 17.1. The second kappa shape index (κ2) is 8.77. The van der Waals surface area contributed by atoms with Crippen molar-refractivity contribution >= 4 is 29.0 Å². The van der Waals surface area contributed by atoms with Gasteiger partial charge in [-0.3, -0.25) is 15.0 Å². The van der Waals surface area contributed by atoms with Crippen LogP contribution in [0.25, 0.3) is 11.1 Å². The Hall–Kier alpha value is -3.68. The number of carboxylic acid groups (broad SMARTS) is 1. The van der Waals surface area contributed by atoms with E-state index in [0.717, 1.165) is 16.7 Å². The molecule has 0 aromatic heterocycles. The highest BCUT2D eigenvalue weighted by Gasteiger charge is 2.29. The number of amides is 1. The molecule has 0 saturated carbocycles. The topological polar surface area (TPSA) is 115 Å². The van der Waals surface area contributed by atoms with E-state index in [-0.39, 0.29) is 24.4 Å². The van der Waals surface area contributed by atoms with Gasteiger partial charge >= 0.3 is 5.97 Å². The molecule has 8 heteroatoms. The van der Waals surface area contributed by atoms with E-state index in [9.17, 15) is 14.7 Å². The lowest BCUT2D eigenvalue weighted by molar-refractivity contribution is -0.137. The fourth-order valence-corrected chi connectivity index (χ4v) is 3.40. The standard InChI is InChI=1S/C22H24N4O4/c1-13-7-4-8-14(2)19(13)16-9-5-10-17(21(16)29)23-24-20-15(3)25-26(22(20)30)12-6-11-18(27)28/h4-5,7-10,23,29H,6,11-12H2,1-3H3,(H,27,28)/b24-20-. The van der Waals surface area contributed by atoms with Crippen molar-refractivity contribution in [1.29, 1.82) is 0 Å². The largest absolute Gasteiger partial charge is 0.505 e. The summed E-state index contributed by atoms with van der Waals surface area (Å²) in [4.78, 5) is 23.2. The van der Waals surface area contributed by atoms with Crippen LogP contribution in [0, 0.1) is 13.8 Å². The number of nitrogens with one attached hydrogen (secondary N) is 1. The number of aromatic hydroxyl groups is 1. The van der Waals surface area contributed by atoms with Gasteiger partial charge in [-0.2, -0.15) is 10.2 Å². The highest BCUT2D eigenvalue weighted by atomic mass is 16.4. The minimum Gasteiger partial charge on any atom is -0.505 e. The third-order valence-electron chi connectivity index (χ3n) is 4.89. The van der Waals surface area contributed by atoms with Crippen molar-refractivity contribution in [2.75, 3.05) is 12.0 Å². The molecule has 0 atom stereocenters. The molecular weight excluding hydrogens is 384 g/mol. The highest BCUT2D eigenvalue weighted by Crippen LogP contribution is 2.38. The van der Waals surface area contributed by atoms with E-state index in [1.54, 1.807) is 19.1 Å². The van der Waals surface area contributed by atoms with E-state index in [4.69, 9.17) is 5.11 Å². The second-order valence-corrected chi connectivity index (χ2v) is 7.15. The molecule has 0 bridgehead atoms. The van der Waals surface area contributed by atoms with E-state index in [2.05, 4.69) is 15.6 Å². The van der Waals surface area contributed by atoms with Crippen LogP contribution in [0.2, 0.25) is 0 Å². The molecule has 3 rings (SSSR count). The number of aryl methyl sites for hydroxylation is 2. The van der Waals surface area contributed by atoms with Gasteiger partial charge < -0.3 is 10.2 Å². The molecule has 8 nitrogen and oxygen atoms in total. The molecule has 0 saturated heterocycles. The third kappa shape index (κ3) is 4.32. The first-order chi connectivity index (χ1) is 14.3. The number of benzene rings is 2. The van der Waals surface area contributed by atoms with Crippen LogP contribution in [0.15, 0.2) is 46.6 Å². The number of phenolic OH excluding ortho intramolecular Hbond substituents is 1. The van der Waals surface area contributed by atoms with Crippen molar-refractivity contribution in [1.82, 2.24) is 5.01 Å². The third-order valence-corrected chi connectivity index (χ3v) is 4.89. The molecule has 1 amide bonds. The Kier molecular flexibility index (Phi) is 6.15. The monoisotopic (exact) mass is 408 g/mol. The normalized spacial score (nSPS) is 14.9. The first-order valence-electron chi connectivity index (χ1n) is 9.61. The average Bonchev–Trinajstić information content (AvgIpc) is 2.95. The zero-order chi connectivity index (χ0) is 21.8. The van der Waals surface area contributed by atoms with Gasteiger partial charge in [-0.15, -0.1) is 0 Å². The Morgan fingerprint density at radius 1 is 1.13 bits per heavy atom. The van der Waals surface area contributed by atoms with Crippen molar-refractivity contribution < 1.29 is 19.8 Å². The Balaban J connectivity index is 1.81. The fourth-order valence-electron chi connectivity index (χ4n) is 3.40. The Labute approximate surface area is 174 Å². The SMILES string of the molecule is CC1=NN(CCCC(=O)O)C(=O)/C1=N\Nc1cccc(-c2c(C)cccc2C)c1O. The fraction of sp³-hybridized carbons (Fsp3) is 0.273. The lowest BCUT2D eigenvalue weighted by Crippen LogP contribution is -2.29. The summed E-state index contributed by atoms with van der Waals surface area (Å²) >= 11 is 0. The first-order valence-corrected chi connectivity index (χ1v) is 9.61. The molecule has 2 aromatic rings. The minimum absolute atomic E-state index is 0.0394. The minimum atomic E-state index is -0.919. The maximum Gasteiger partial charge on any atom is 0.303 e.